The molecule has 0 saturated carbocycles. The third-order valence-electron chi connectivity index (χ3n) is 3.56. The van der Waals surface area contributed by atoms with Crippen LogP contribution in [-0.2, 0) is 11.3 Å². The van der Waals surface area contributed by atoms with E-state index in [9.17, 15) is 20.1 Å². The van der Waals surface area contributed by atoms with Crippen molar-refractivity contribution in [1.82, 2.24) is 19.5 Å². The first-order valence-corrected chi connectivity index (χ1v) is 6.47. The van der Waals surface area contributed by atoms with Crippen LogP contribution in [0.4, 0.5) is 5.95 Å². The number of aromatic nitrogens is 4. The van der Waals surface area contributed by atoms with Crippen molar-refractivity contribution in [2.45, 2.75) is 31.1 Å². The minimum Gasteiger partial charge on any atom is -0.394 e. The molecule has 7 N–H and O–H groups in total. The van der Waals surface area contributed by atoms with Gasteiger partial charge >= 0.3 is 0 Å². The molecule has 0 amide bonds. The second kappa shape index (κ2) is 5.30. The highest BCUT2D eigenvalue weighted by molar-refractivity contribution is 5.71. The monoisotopic (exact) mass is 313 g/mol. The van der Waals surface area contributed by atoms with Crippen LogP contribution in [0, 0.1) is 0 Å². The SMILES string of the molecule is Nc1nc2c(nc(CO)n2[C@@H]2O[C@H](CO)C(O)[C@@H]2O)c(=O)[nH]1. The Morgan fingerprint density at radius 2 is 2.00 bits per heavy atom. The molecule has 22 heavy (non-hydrogen) atoms. The van der Waals surface area contributed by atoms with E-state index >= 15 is 0 Å². The van der Waals surface area contributed by atoms with Crippen molar-refractivity contribution in [3.8, 4) is 0 Å². The van der Waals surface area contributed by atoms with E-state index in [2.05, 4.69) is 15.0 Å². The molecule has 0 aliphatic carbocycles. The molecule has 3 heterocycles. The summed E-state index contributed by atoms with van der Waals surface area (Å²) in [6, 6.07) is 0. The summed E-state index contributed by atoms with van der Waals surface area (Å²) in [4.78, 5) is 22.0. The van der Waals surface area contributed by atoms with E-state index in [1.165, 1.54) is 4.57 Å². The van der Waals surface area contributed by atoms with Crippen molar-refractivity contribution in [1.29, 1.82) is 0 Å². The van der Waals surface area contributed by atoms with Gasteiger partial charge in [-0.3, -0.25) is 14.3 Å². The standard InChI is InChI=1S/C11H15N5O6/c12-11-14-8-5(9(21)15-11)13-4(2-18)16(8)10-7(20)6(19)3(1-17)22-10/h3,6-7,10,17-20H,1-2H2,(H3,12,14,15,21)/t3-,6?,7+,10-/m1/s1. The summed E-state index contributed by atoms with van der Waals surface area (Å²) in [5.74, 6) is -0.164. The minimum absolute atomic E-state index is 0.000129. The van der Waals surface area contributed by atoms with Gasteiger partial charge in [-0.1, -0.05) is 0 Å². The van der Waals surface area contributed by atoms with Gasteiger partial charge in [0.1, 0.15) is 30.7 Å². The Morgan fingerprint density at radius 1 is 1.27 bits per heavy atom. The molecule has 1 aliphatic heterocycles. The summed E-state index contributed by atoms with van der Waals surface area (Å²) in [5.41, 5.74) is 4.80. The maximum absolute atomic E-state index is 11.8. The third-order valence-corrected chi connectivity index (χ3v) is 3.56. The maximum Gasteiger partial charge on any atom is 0.280 e. The van der Waals surface area contributed by atoms with Crippen LogP contribution < -0.4 is 11.3 Å². The highest BCUT2D eigenvalue weighted by Crippen LogP contribution is 2.32. The molecule has 0 bridgehead atoms. The topological polar surface area (TPSA) is 180 Å². The molecule has 120 valence electrons. The van der Waals surface area contributed by atoms with Gasteiger partial charge in [-0.25, -0.2) is 4.98 Å². The predicted octanol–water partition coefficient (Wildman–Crippen LogP) is -3.19. The average Bonchev–Trinajstić information content (AvgIpc) is 2.98. The van der Waals surface area contributed by atoms with Gasteiger partial charge in [0.25, 0.3) is 5.56 Å². The number of nitrogens with two attached hydrogens (primary N) is 1. The Morgan fingerprint density at radius 3 is 2.59 bits per heavy atom. The normalized spacial score (nSPS) is 28.5. The molecular formula is C11H15N5O6. The van der Waals surface area contributed by atoms with E-state index in [1.54, 1.807) is 0 Å². The summed E-state index contributed by atoms with van der Waals surface area (Å²) >= 11 is 0. The Bertz CT molecular complexity index is 757. The number of H-pyrrole nitrogens is 1. The fourth-order valence-corrected chi connectivity index (χ4v) is 2.52. The number of nitrogens with one attached hydrogen (secondary N) is 1. The number of nitrogens with zero attached hydrogens (tertiary/aromatic N) is 3. The lowest BCUT2D eigenvalue weighted by Gasteiger charge is -2.18. The summed E-state index contributed by atoms with van der Waals surface area (Å²) in [5, 5.41) is 38.5. The van der Waals surface area contributed by atoms with Crippen LogP contribution in [0.2, 0.25) is 0 Å². The van der Waals surface area contributed by atoms with Crippen LogP contribution >= 0.6 is 0 Å². The number of aliphatic hydroxyl groups excluding tert-OH is 4. The number of aromatic amines is 1. The quantitative estimate of drug-likeness (QED) is 0.340. The minimum atomic E-state index is -1.40. The van der Waals surface area contributed by atoms with Crippen LogP contribution in [0.3, 0.4) is 0 Å². The highest BCUT2D eigenvalue weighted by Gasteiger charge is 2.44. The molecule has 3 rings (SSSR count). The number of aliphatic hydroxyl groups is 4. The van der Waals surface area contributed by atoms with E-state index in [0.29, 0.717) is 0 Å². The number of fused-ring (bicyclic) bond motifs is 1. The van der Waals surface area contributed by atoms with Gasteiger partial charge in [-0.2, -0.15) is 4.98 Å². The van der Waals surface area contributed by atoms with Crippen LogP contribution in [0.25, 0.3) is 11.2 Å². The van der Waals surface area contributed by atoms with Gasteiger partial charge < -0.3 is 30.9 Å². The third kappa shape index (κ3) is 2.07. The summed E-state index contributed by atoms with van der Waals surface area (Å²) in [6.07, 6.45) is -4.92. The lowest BCUT2D eigenvalue weighted by molar-refractivity contribution is -0.0533. The Labute approximate surface area is 122 Å². The number of imidazole rings is 1. The number of anilines is 1. The number of rotatable bonds is 3. The number of hydrogen-bond donors (Lipinski definition) is 6. The first kappa shape index (κ1) is 14.9. The van der Waals surface area contributed by atoms with Crippen molar-refractivity contribution in [2.75, 3.05) is 12.3 Å². The molecule has 1 fully saturated rings. The lowest BCUT2D eigenvalue weighted by Crippen LogP contribution is -2.33. The molecule has 4 atom stereocenters. The Hall–Kier alpha value is -2.05. The van der Waals surface area contributed by atoms with E-state index in [4.69, 9.17) is 15.6 Å². The smallest absolute Gasteiger partial charge is 0.280 e. The summed E-state index contributed by atoms with van der Waals surface area (Å²) in [6.45, 7) is -1.06. The largest absolute Gasteiger partial charge is 0.394 e. The summed E-state index contributed by atoms with van der Waals surface area (Å²) < 4.78 is 6.56. The molecular weight excluding hydrogens is 298 g/mol. The van der Waals surface area contributed by atoms with Crippen LogP contribution in [0.5, 0.6) is 0 Å². The second-order valence-electron chi connectivity index (χ2n) is 4.91. The zero-order valence-corrected chi connectivity index (χ0v) is 11.2. The van der Waals surface area contributed by atoms with Crippen LogP contribution in [-0.4, -0.2) is 64.9 Å². The predicted molar refractivity (Wildman–Crippen MR) is 71.5 cm³/mol. The van der Waals surface area contributed by atoms with E-state index in [0.717, 1.165) is 0 Å². The molecule has 1 unspecified atom stereocenters. The number of nitrogen functional groups attached to an aromatic ring is 1. The van der Waals surface area contributed by atoms with Crippen molar-refractivity contribution in [3.05, 3.63) is 16.2 Å². The second-order valence-corrected chi connectivity index (χ2v) is 4.91. The molecule has 0 radical (unpaired) electrons. The fraction of sp³-hybridized carbons (Fsp3) is 0.545. The van der Waals surface area contributed by atoms with Gasteiger partial charge in [-0.05, 0) is 0 Å². The van der Waals surface area contributed by atoms with Crippen molar-refractivity contribution in [3.63, 3.8) is 0 Å². The molecule has 11 nitrogen and oxygen atoms in total. The van der Waals surface area contributed by atoms with E-state index in [-0.39, 0.29) is 22.9 Å². The van der Waals surface area contributed by atoms with Gasteiger partial charge in [0.05, 0.1) is 6.61 Å². The van der Waals surface area contributed by atoms with Crippen molar-refractivity contribution in [2.24, 2.45) is 0 Å². The zero-order valence-electron chi connectivity index (χ0n) is 11.2. The van der Waals surface area contributed by atoms with Gasteiger partial charge in [0.2, 0.25) is 5.95 Å². The fourth-order valence-electron chi connectivity index (χ4n) is 2.52. The Kier molecular flexibility index (Phi) is 3.58. The zero-order chi connectivity index (χ0) is 16.0. The molecule has 11 heteroatoms. The van der Waals surface area contributed by atoms with Gasteiger partial charge in [0.15, 0.2) is 17.4 Å². The number of ether oxygens (including phenoxy) is 1. The van der Waals surface area contributed by atoms with Crippen molar-refractivity contribution < 1.29 is 25.2 Å². The Balaban J connectivity index is 2.20. The summed E-state index contributed by atoms with van der Waals surface area (Å²) in [7, 11) is 0. The molecule has 1 saturated heterocycles. The van der Waals surface area contributed by atoms with E-state index < -0.39 is 43.3 Å². The van der Waals surface area contributed by atoms with Crippen LogP contribution in [0.15, 0.2) is 4.79 Å². The highest BCUT2D eigenvalue weighted by atomic mass is 16.6. The molecule has 2 aromatic heterocycles. The van der Waals surface area contributed by atoms with E-state index in [1.807, 2.05) is 0 Å². The molecule has 0 spiro atoms. The van der Waals surface area contributed by atoms with Crippen LogP contribution in [0.1, 0.15) is 12.1 Å². The maximum atomic E-state index is 11.8. The first-order valence-electron chi connectivity index (χ1n) is 6.47. The number of hydrogen-bond acceptors (Lipinski definition) is 9. The van der Waals surface area contributed by atoms with Gasteiger partial charge in [-0.15, -0.1) is 0 Å². The van der Waals surface area contributed by atoms with Gasteiger partial charge in [0, 0.05) is 0 Å². The average molecular weight is 313 g/mol. The molecule has 1 aliphatic rings. The van der Waals surface area contributed by atoms with Crippen molar-refractivity contribution >= 4 is 17.1 Å². The lowest BCUT2D eigenvalue weighted by atomic mass is 10.1. The first-order chi connectivity index (χ1) is 10.5. The molecule has 2 aromatic rings. The molecule has 0 aromatic carbocycles.